The normalized spacial score (nSPS) is 22.8. The van der Waals surface area contributed by atoms with Gasteiger partial charge in [0.05, 0.1) is 6.04 Å². The second-order valence-corrected chi connectivity index (χ2v) is 6.07. The number of ether oxygens (including phenoxy) is 2. The molecule has 1 heterocycles. The van der Waals surface area contributed by atoms with Gasteiger partial charge < -0.3 is 14.6 Å². The second-order valence-electron chi connectivity index (χ2n) is 6.07. The van der Waals surface area contributed by atoms with Gasteiger partial charge in [0.15, 0.2) is 6.10 Å². The molecule has 5 nitrogen and oxygen atoms in total. The number of cyclic esters (lactones) is 1. The molecule has 5 heteroatoms. The Morgan fingerprint density at radius 2 is 1.95 bits per heavy atom. The first kappa shape index (κ1) is 16.6. The molecule has 1 aromatic rings. The summed E-state index contributed by atoms with van der Waals surface area (Å²) in [7, 11) is 0. The van der Waals surface area contributed by atoms with Gasteiger partial charge in [-0.2, -0.15) is 0 Å². The molecule has 1 aromatic carbocycles. The van der Waals surface area contributed by atoms with Crippen LogP contribution < -0.4 is 4.74 Å². The van der Waals surface area contributed by atoms with E-state index in [-0.39, 0.29) is 37.0 Å². The fourth-order valence-electron chi connectivity index (χ4n) is 2.88. The largest absolute Gasteiger partial charge is 0.486 e. The van der Waals surface area contributed by atoms with Crippen molar-refractivity contribution in [2.24, 2.45) is 0 Å². The van der Waals surface area contributed by atoms with E-state index in [1.807, 2.05) is 52.0 Å². The molecule has 0 aliphatic carbocycles. The van der Waals surface area contributed by atoms with Crippen LogP contribution in [0.25, 0.3) is 0 Å². The molecular formula is C17H25NO4. The van der Waals surface area contributed by atoms with E-state index in [0.717, 1.165) is 11.3 Å². The molecule has 22 heavy (non-hydrogen) atoms. The maximum Gasteiger partial charge on any atom is 0.410 e. The summed E-state index contributed by atoms with van der Waals surface area (Å²) >= 11 is 0. The molecule has 1 saturated heterocycles. The second kappa shape index (κ2) is 7.01. The van der Waals surface area contributed by atoms with Gasteiger partial charge >= 0.3 is 6.09 Å². The number of aryl methyl sites for hydroxylation is 1. The third-order valence-electron chi connectivity index (χ3n) is 4.01. The zero-order valence-electron chi connectivity index (χ0n) is 13.7. The molecular weight excluding hydrogens is 282 g/mol. The molecule has 0 bridgehead atoms. The molecule has 3 atom stereocenters. The lowest BCUT2D eigenvalue weighted by molar-refractivity contribution is 0.0215. The topological polar surface area (TPSA) is 59.0 Å². The zero-order chi connectivity index (χ0) is 16.3. The molecule has 0 spiro atoms. The maximum absolute atomic E-state index is 12.0. The first-order valence-electron chi connectivity index (χ1n) is 7.77. The van der Waals surface area contributed by atoms with Crippen molar-refractivity contribution >= 4 is 6.09 Å². The first-order valence-corrected chi connectivity index (χ1v) is 7.77. The standard InChI is InChI=1S/C17H25NO4/c1-11(2)18-13(4)16(22-17(18)20)15(9-10-19)21-14-7-5-12(3)6-8-14/h5-8,11,13,15-16,19H,9-10H2,1-4H3/t13-,15?,16-/m0/s1. The van der Waals surface area contributed by atoms with Crippen LogP contribution in [0.1, 0.15) is 32.8 Å². The predicted molar refractivity (Wildman–Crippen MR) is 84.0 cm³/mol. The van der Waals surface area contributed by atoms with Crippen molar-refractivity contribution in [2.75, 3.05) is 6.61 Å². The van der Waals surface area contributed by atoms with Crippen molar-refractivity contribution in [1.29, 1.82) is 0 Å². The van der Waals surface area contributed by atoms with Crippen LogP contribution in [0.4, 0.5) is 4.79 Å². The Hall–Kier alpha value is -1.75. The van der Waals surface area contributed by atoms with Gasteiger partial charge in [-0.15, -0.1) is 0 Å². The summed E-state index contributed by atoms with van der Waals surface area (Å²) in [6.45, 7) is 7.87. The van der Waals surface area contributed by atoms with E-state index in [2.05, 4.69) is 0 Å². The maximum atomic E-state index is 12.0. The monoisotopic (exact) mass is 307 g/mol. The van der Waals surface area contributed by atoms with Gasteiger partial charge in [0.2, 0.25) is 0 Å². The number of benzene rings is 1. The molecule has 1 aliphatic rings. The van der Waals surface area contributed by atoms with Gasteiger partial charge in [-0.1, -0.05) is 17.7 Å². The Kier molecular flexibility index (Phi) is 5.29. The average Bonchev–Trinajstić information content (AvgIpc) is 2.76. The van der Waals surface area contributed by atoms with Crippen LogP contribution in [0, 0.1) is 6.92 Å². The summed E-state index contributed by atoms with van der Waals surface area (Å²) < 4.78 is 11.5. The molecule has 1 N–H and O–H groups in total. The van der Waals surface area contributed by atoms with Crippen molar-refractivity contribution in [2.45, 2.75) is 58.4 Å². The van der Waals surface area contributed by atoms with Crippen LogP contribution in [-0.4, -0.2) is 47.0 Å². The molecule has 1 amide bonds. The number of aliphatic hydroxyl groups is 1. The number of amides is 1. The van der Waals surface area contributed by atoms with E-state index in [1.165, 1.54) is 0 Å². The van der Waals surface area contributed by atoms with Gasteiger partial charge in [-0.25, -0.2) is 4.79 Å². The SMILES string of the molecule is Cc1ccc(OC(CCO)[C@H]2OC(=O)N(C(C)C)[C@H]2C)cc1. The number of carbonyl (C=O) groups excluding carboxylic acids is 1. The minimum atomic E-state index is -0.386. The highest BCUT2D eigenvalue weighted by molar-refractivity contribution is 5.71. The Balaban J connectivity index is 2.14. The van der Waals surface area contributed by atoms with E-state index in [0.29, 0.717) is 6.42 Å². The number of rotatable bonds is 6. The van der Waals surface area contributed by atoms with Crippen LogP contribution in [0.2, 0.25) is 0 Å². The molecule has 1 unspecified atom stereocenters. The summed E-state index contributed by atoms with van der Waals surface area (Å²) in [5.41, 5.74) is 1.15. The number of hydrogen-bond donors (Lipinski definition) is 1. The summed E-state index contributed by atoms with van der Waals surface area (Å²) in [6, 6.07) is 7.70. The molecule has 1 fully saturated rings. The van der Waals surface area contributed by atoms with Crippen LogP contribution in [-0.2, 0) is 4.74 Å². The van der Waals surface area contributed by atoms with Crippen LogP contribution in [0.15, 0.2) is 24.3 Å². The first-order chi connectivity index (χ1) is 10.4. The quantitative estimate of drug-likeness (QED) is 0.878. The summed E-state index contributed by atoms with van der Waals surface area (Å²) in [5.74, 6) is 0.718. The van der Waals surface area contributed by atoms with Crippen molar-refractivity contribution < 1.29 is 19.4 Å². The van der Waals surface area contributed by atoms with Gasteiger partial charge in [0.25, 0.3) is 0 Å². The Labute approximate surface area is 131 Å². The summed E-state index contributed by atoms with van der Waals surface area (Å²) in [5, 5.41) is 9.31. The lowest BCUT2D eigenvalue weighted by Crippen LogP contribution is -2.44. The van der Waals surface area contributed by atoms with E-state index >= 15 is 0 Å². The third-order valence-corrected chi connectivity index (χ3v) is 4.01. The Morgan fingerprint density at radius 1 is 1.32 bits per heavy atom. The van der Waals surface area contributed by atoms with Crippen LogP contribution in [0.3, 0.4) is 0 Å². The highest BCUT2D eigenvalue weighted by Crippen LogP contribution is 2.28. The van der Waals surface area contributed by atoms with Crippen molar-refractivity contribution in [3.05, 3.63) is 29.8 Å². The lowest BCUT2D eigenvalue weighted by atomic mass is 10.0. The van der Waals surface area contributed by atoms with E-state index in [1.54, 1.807) is 4.90 Å². The average molecular weight is 307 g/mol. The minimum absolute atomic E-state index is 0.0149. The summed E-state index contributed by atoms with van der Waals surface area (Å²) in [4.78, 5) is 13.7. The van der Waals surface area contributed by atoms with Crippen LogP contribution in [0.5, 0.6) is 5.75 Å². The molecule has 0 aromatic heterocycles. The van der Waals surface area contributed by atoms with E-state index in [4.69, 9.17) is 9.47 Å². The molecule has 1 aliphatic heterocycles. The number of hydrogen-bond acceptors (Lipinski definition) is 4. The van der Waals surface area contributed by atoms with Crippen molar-refractivity contribution in [3.8, 4) is 5.75 Å². The highest BCUT2D eigenvalue weighted by atomic mass is 16.6. The Bertz CT molecular complexity index is 500. The van der Waals surface area contributed by atoms with Crippen molar-refractivity contribution in [3.63, 3.8) is 0 Å². The number of carbonyl (C=O) groups is 1. The minimum Gasteiger partial charge on any atom is -0.486 e. The fourth-order valence-corrected chi connectivity index (χ4v) is 2.88. The molecule has 0 radical (unpaired) electrons. The number of nitrogens with zero attached hydrogens (tertiary/aromatic N) is 1. The Morgan fingerprint density at radius 3 is 2.45 bits per heavy atom. The smallest absolute Gasteiger partial charge is 0.410 e. The summed E-state index contributed by atoms with van der Waals surface area (Å²) in [6.07, 6.45) is -0.649. The molecule has 122 valence electrons. The fraction of sp³-hybridized carbons (Fsp3) is 0.588. The molecule has 2 rings (SSSR count). The van der Waals surface area contributed by atoms with Gasteiger partial charge in [-0.05, 0) is 39.8 Å². The highest BCUT2D eigenvalue weighted by Gasteiger charge is 2.45. The zero-order valence-corrected chi connectivity index (χ0v) is 13.7. The number of aliphatic hydroxyl groups excluding tert-OH is 1. The van der Waals surface area contributed by atoms with E-state index < -0.39 is 0 Å². The third kappa shape index (κ3) is 3.53. The van der Waals surface area contributed by atoms with Crippen LogP contribution >= 0.6 is 0 Å². The predicted octanol–water partition coefficient (Wildman–Crippen LogP) is 2.74. The van der Waals surface area contributed by atoms with E-state index in [9.17, 15) is 9.90 Å². The molecule has 0 saturated carbocycles. The van der Waals surface area contributed by atoms with Gasteiger partial charge in [-0.3, -0.25) is 4.90 Å². The lowest BCUT2D eigenvalue weighted by Gasteiger charge is -2.28. The van der Waals surface area contributed by atoms with Crippen molar-refractivity contribution in [1.82, 2.24) is 4.90 Å². The van der Waals surface area contributed by atoms with Gasteiger partial charge in [0.1, 0.15) is 11.9 Å². The van der Waals surface area contributed by atoms with Gasteiger partial charge in [0, 0.05) is 19.1 Å².